The van der Waals surface area contributed by atoms with Crippen molar-refractivity contribution < 1.29 is 38.1 Å². The van der Waals surface area contributed by atoms with Crippen LogP contribution in [0.4, 0.5) is 4.79 Å². The van der Waals surface area contributed by atoms with Crippen LogP contribution >= 0.6 is 0 Å². The fourth-order valence-corrected chi connectivity index (χ4v) is 6.92. The Morgan fingerprint density at radius 2 is 1.25 bits per heavy atom. The summed E-state index contributed by atoms with van der Waals surface area (Å²) in [6.45, 7) is 2.42. The number of benzene rings is 3. The number of hydrogen-bond donors (Lipinski definition) is 0. The molecule has 0 radical (unpaired) electrons. The minimum absolute atomic E-state index is 0.0169. The van der Waals surface area contributed by atoms with Crippen LogP contribution in [0.2, 0.25) is 0 Å². The fourth-order valence-electron chi connectivity index (χ4n) is 6.92. The molecule has 2 aliphatic rings. The van der Waals surface area contributed by atoms with Crippen LogP contribution in [0.5, 0.6) is 0 Å². The van der Waals surface area contributed by atoms with Crippen LogP contribution in [0.3, 0.4) is 0 Å². The summed E-state index contributed by atoms with van der Waals surface area (Å²) in [5.74, 6) is -1.55. The van der Waals surface area contributed by atoms with Crippen LogP contribution in [0.1, 0.15) is 55.8 Å². The van der Waals surface area contributed by atoms with E-state index in [4.69, 9.17) is 23.7 Å². The van der Waals surface area contributed by atoms with Crippen molar-refractivity contribution in [1.82, 2.24) is 4.90 Å². The van der Waals surface area contributed by atoms with Crippen LogP contribution < -0.4 is 0 Å². The van der Waals surface area contributed by atoms with Gasteiger partial charge in [-0.3, -0.25) is 14.5 Å². The second-order valence-corrected chi connectivity index (χ2v) is 12.9. The number of hydrogen-bond acceptors (Lipinski definition) is 11. The van der Waals surface area contributed by atoms with E-state index >= 15 is 0 Å². The van der Waals surface area contributed by atoms with E-state index in [0.29, 0.717) is 6.42 Å². The molecule has 18 heteroatoms. The summed E-state index contributed by atoms with van der Waals surface area (Å²) in [5.41, 5.74) is 30.7. The molecule has 1 saturated heterocycles. The number of ether oxygens (including phenoxy) is 5. The van der Waals surface area contributed by atoms with Gasteiger partial charge in [0.05, 0.1) is 30.3 Å². The van der Waals surface area contributed by atoms with Gasteiger partial charge in [0.25, 0.3) is 0 Å². The third-order valence-electron chi connectivity index (χ3n) is 9.22. The molecule has 1 aliphatic heterocycles. The van der Waals surface area contributed by atoms with Crippen molar-refractivity contribution in [3.8, 4) is 0 Å². The quantitative estimate of drug-likeness (QED) is 0.0516. The summed E-state index contributed by atoms with van der Waals surface area (Å²) < 4.78 is 30.2. The maximum Gasteiger partial charge on any atom is 0.411 e. The number of nitrogens with zero attached hydrogens (tertiary/aromatic N) is 10. The highest BCUT2D eigenvalue weighted by Crippen LogP contribution is 2.39. The molecule has 0 spiro atoms. The first-order valence-electron chi connectivity index (χ1n) is 17.6. The minimum atomic E-state index is -1.44. The maximum absolute atomic E-state index is 14.2. The Hall–Kier alpha value is -6.28. The summed E-state index contributed by atoms with van der Waals surface area (Å²) >= 11 is 0. The monoisotopic (exact) mass is 752 g/mol. The van der Waals surface area contributed by atoms with Crippen molar-refractivity contribution in [2.24, 2.45) is 15.3 Å². The Morgan fingerprint density at radius 1 is 0.727 bits per heavy atom. The van der Waals surface area contributed by atoms with Gasteiger partial charge >= 0.3 is 18.0 Å². The Kier molecular flexibility index (Phi) is 14.3. The Morgan fingerprint density at radius 3 is 1.84 bits per heavy atom. The van der Waals surface area contributed by atoms with E-state index in [2.05, 4.69) is 30.1 Å². The zero-order valence-electron chi connectivity index (χ0n) is 30.1. The Bertz CT molecular complexity index is 1910. The van der Waals surface area contributed by atoms with Gasteiger partial charge in [-0.05, 0) is 52.5 Å². The molecule has 55 heavy (non-hydrogen) atoms. The van der Waals surface area contributed by atoms with E-state index < -0.39 is 72.9 Å². The maximum atomic E-state index is 14.2. The van der Waals surface area contributed by atoms with Crippen molar-refractivity contribution in [2.45, 2.75) is 101 Å². The predicted molar refractivity (Wildman–Crippen MR) is 195 cm³/mol. The van der Waals surface area contributed by atoms with Crippen molar-refractivity contribution in [3.63, 3.8) is 0 Å². The molecule has 0 N–H and O–H groups in total. The van der Waals surface area contributed by atoms with E-state index in [1.165, 1.54) is 0 Å². The standard InChI is InChI=1S/C37H40N10O8/c1-23(48)52-33-29(42-45-39)20-30(43-46-40)34(35(33)53-24(2)49)55-36-28(41-44-38)18-19-31(54-36)32(27-16-10-5-11-17-27)47(21-25-12-6-3-7-13-25)37(50)51-22-26-14-8-4-9-15-26/h3-17,28-36H,18-22H2,1-2H3/t28-,29-,30+,31+,32-,33+,34-,35-,36-/m1/s1. The fraction of sp³-hybridized carbons (Fsp3) is 0.432. The summed E-state index contributed by atoms with van der Waals surface area (Å²) in [5, 5.41) is 11.5. The van der Waals surface area contributed by atoms with Gasteiger partial charge in [-0.15, -0.1) is 0 Å². The highest BCUT2D eigenvalue weighted by molar-refractivity contribution is 5.69. The molecule has 1 aliphatic carbocycles. The van der Waals surface area contributed by atoms with Crippen LogP contribution in [0, 0.1) is 0 Å². The number of carbonyl (C=O) groups is 3. The largest absolute Gasteiger partial charge is 0.458 e. The molecular weight excluding hydrogens is 712 g/mol. The number of rotatable bonds is 14. The molecule has 0 bridgehead atoms. The molecular formula is C37H40N10O8. The molecule has 1 amide bonds. The molecule has 9 atom stereocenters. The van der Waals surface area contributed by atoms with Gasteiger partial charge in [-0.25, -0.2) is 4.79 Å². The Balaban J connectivity index is 1.54. The highest BCUT2D eigenvalue weighted by atomic mass is 16.7. The second-order valence-electron chi connectivity index (χ2n) is 12.9. The van der Waals surface area contributed by atoms with Crippen molar-refractivity contribution in [3.05, 3.63) is 139 Å². The summed E-state index contributed by atoms with van der Waals surface area (Å²) in [6, 6.07) is 24.0. The molecule has 1 heterocycles. The van der Waals surface area contributed by atoms with E-state index in [1.807, 2.05) is 91.0 Å². The summed E-state index contributed by atoms with van der Waals surface area (Å²) in [6.07, 6.45) is -6.49. The molecule has 0 unspecified atom stereocenters. The third kappa shape index (κ3) is 10.7. The van der Waals surface area contributed by atoms with Gasteiger partial charge in [0.2, 0.25) is 0 Å². The average molecular weight is 753 g/mol. The minimum Gasteiger partial charge on any atom is -0.458 e. The van der Waals surface area contributed by atoms with Gasteiger partial charge in [-0.1, -0.05) is 106 Å². The second kappa shape index (κ2) is 19.7. The molecule has 3 aromatic carbocycles. The predicted octanol–water partition coefficient (Wildman–Crippen LogP) is 7.76. The normalized spacial score (nSPS) is 25.0. The zero-order valence-corrected chi connectivity index (χ0v) is 30.1. The van der Waals surface area contributed by atoms with E-state index in [-0.39, 0.29) is 26.0 Å². The lowest BCUT2D eigenvalue weighted by Gasteiger charge is -2.46. The van der Waals surface area contributed by atoms with Crippen LogP contribution in [0.15, 0.2) is 106 Å². The van der Waals surface area contributed by atoms with Crippen molar-refractivity contribution >= 4 is 18.0 Å². The number of esters is 2. The lowest BCUT2D eigenvalue weighted by molar-refractivity contribution is -0.264. The molecule has 286 valence electrons. The van der Waals surface area contributed by atoms with Crippen LogP contribution in [-0.4, -0.2) is 71.8 Å². The summed E-state index contributed by atoms with van der Waals surface area (Å²) in [4.78, 5) is 49.2. The Labute approximate surface area is 316 Å². The van der Waals surface area contributed by atoms with Gasteiger partial charge in [0, 0.05) is 35.1 Å². The van der Waals surface area contributed by atoms with Crippen molar-refractivity contribution in [2.75, 3.05) is 0 Å². The molecule has 2 fully saturated rings. The van der Waals surface area contributed by atoms with Gasteiger partial charge in [0.15, 0.2) is 12.4 Å². The number of amides is 1. The average Bonchev–Trinajstić information content (AvgIpc) is 3.18. The SMILES string of the molecule is CC(=O)O[C@@H]1[C@@H](OC(C)=O)[C@H](N=[N+]=[N-])C[C@H](N=[N+]=[N-])[C@H]1O[C@H]1O[C@H]([C@@H](c2ccccc2)N(Cc2ccccc2)C(=O)OCc2ccccc2)CC[C@H]1N=[N+]=[N-]. The van der Waals surface area contributed by atoms with Gasteiger partial charge in [-0.2, -0.15) is 0 Å². The molecule has 5 rings (SSSR count). The summed E-state index contributed by atoms with van der Waals surface area (Å²) in [7, 11) is 0. The number of carbonyl (C=O) groups excluding carboxylic acids is 3. The van der Waals surface area contributed by atoms with E-state index in [9.17, 15) is 31.0 Å². The third-order valence-corrected chi connectivity index (χ3v) is 9.22. The highest BCUT2D eigenvalue weighted by Gasteiger charge is 2.51. The van der Waals surface area contributed by atoms with E-state index in [0.717, 1.165) is 30.5 Å². The van der Waals surface area contributed by atoms with Crippen molar-refractivity contribution in [1.29, 1.82) is 0 Å². The molecule has 1 saturated carbocycles. The first kappa shape index (κ1) is 39.9. The lowest BCUT2D eigenvalue weighted by atomic mass is 9.84. The molecule has 0 aromatic heterocycles. The lowest BCUT2D eigenvalue weighted by Crippen LogP contribution is -2.60. The molecule has 18 nitrogen and oxygen atoms in total. The molecule has 3 aromatic rings. The zero-order chi connectivity index (χ0) is 39.2. The van der Waals surface area contributed by atoms with Gasteiger partial charge in [0.1, 0.15) is 18.8 Å². The number of azide groups is 3. The van der Waals surface area contributed by atoms with E-state index in [1.54, 1.807) is 4.90 Å². The topological polar surface area (TPSA) is 247 Å². The van der Waals surface area contributed by atoms with Crippen LogP contribution in [-0.2, 0) is 46.4 Å². The first-order valence-corrected chi connectivity index (χ1v) is 17.6. The smallest absolute Gasteiger partial charge is 0.411 e. The van der Waals surface area contributed by atoms with Crippen LogP contribution in [0.25, 0.3) is 31.3 Å². The van der Waals surface area contributed by atoms with Gasteiger partial charge < -0.3 is 23.7 Å². The first-order chi connectivity index (χ1) is 26.7.